The van der Waals surface area contributed by atoms with Gasteiger partial charge in [-0.15, -0.1) is 0 Å². The van der Waals surface area contributed by atoms with Gasteiger partial charge in [0.25, 0.3) is 0 Å². The summed E-state index contributed by atoms with van der Waals surface area (Å²) in [6.07, 6.45) is 5.41. The van der Waals surface area contributed by atoms with Crippen molar-refractivity contribution in [2.75, 3.05) is 5.75 Å². The van der Waals surface area contributed by atoms with Gasteiger partial charge in [0.1, 0.15) is 0 Å². The van der Waals surface area contributed by atoms with Gasteiger partial charge in [-0.3, -0.25) is 4.79 Å². The quantitative estimate of drug-likeness (QED) is 0.673. The van der Waals surface area contributed by atoms with E-state index in [-0.39, 0.29) is 24.5 Å². The third kappa shape index (κ3) is 4.58. The van der Waals surface area contributed by atoms with Crippen LogP contribution in [-0.2, 0) is 4.79 Å². The number of carbonyl (C=O) groups is 2. The molecule has 0 radical (unpaired) electrons. The predicted octanol–water partition coefficient (Wildman–Crippen LogP) is 2.21. The molecule has 6 heteroatoms. The molecule has 0 aliphatic heterocycles. The van der Waals surface area contributed by atoms with E-state index in [2.05, 4.69) is 17.6 Å². The molecule has 0 aromatic rings. The maximum atomic E-state index is 12.0. The van der Waals surface area contributed by atoms with Crippen molar-refractivity contribution in [2.24, 2.45) is 5.92 Å². The summed E-state index contributed by atoms with van der Waals surface area (Å²) < 4.78 is 0. The van der Waals surface area contributed by atoms with Crippen LogP contribution in [0.25, 0.3) is 0 Å². The fourth-order valence-electron chi connectivity index (χ4n) is 2.91. The molecule has 0 saturated heterocycles. The van der Waals surface area contributed by atoms with Crippen LogP contribution in [0.3, 0.4) is 0 Å². The van der Waals surface area contributed by atoms with Crippen molar-refractivity contribution in [3.63, 3.8) is 0 Å². The second kappa shape index (κ2) is 7.20. The number of carboxylic acids is 1. The summed E-state index contributed by atoms with van der Waals surface area (Å²) in [5, 5.41) is 15.3. The zero-order valence-corrected chi connectivity index (χ0v) is 12.7. The number of rotatable bonds is 7. The van der Waals surface area contributed by atoms with Gasteiger partial charge in [0, 0.05) is 17.3 Å². The van der Waals surface area contributed by atoms with Crippen molar-refractivity contribution >= 4 is 23.8 Å². The van der Waals surface area contributed by atoms with Crippen molar-refractivity contribution in [1.29, 1.82) is 0 Å². The molecule has 0 heterocycles. The van der Waals surface area contributed by atoms with Gasteiger partial charge in [-0.25, -0.2) is 4.79 Å². The van der Waals surface area contributed by atoms with Crippen molar-refractivity contribution in [1.82, 2.24) is 10.6 Å². The highest BCUT2D eigenvalue weighted by Crippen LogP contribution is 2.34. The molecule has 3 N–H and O–H groups in total. The van der Waals surface area contributed by atoms with E-state index in [0.29, 0.717) is 11.2 Å². The fourth-order valence-corrected chi connectivity index (χ4v) is 4.10. The molecule has 0 spiro atoms. The molecule has 0 bridgehead atoms. The van der Waals surface area contributed by atoms with Crippen LogP contribution in [0, 0.1) is 5.92 Å². The van der Waals surface area contributed by atoms with E-state index in [1.54, 1.807) is 0 Å². The Bertz CT molecular complexity index is 360. The van der Waals surface area contributed by atoms with Gasteiger partial charge in [0.2, 0.25) is 0 Å². The molecule has 2 aliphatic carbocycles. The molecule has 2 rings (SSSR count). The van der Waals surface area contributed by atoms with Gasteiger partial charge in [-0.2, -0.15) is 11.8 Å². The number of nitrogens with one attached hydrogen (secondary N) is 2. The van der Waals surface area contributed by atoms with E-state index in [4.69, 9.17) is 5.11 Å². The van der Waals surface area contributed by atoms with E-state index < -0.39 is 5.97 Å². The Kier molecular flexibility index (Phi) is 5.57. The highest BCUT2D eigenvalue weighted by Gasteiger charge is 2.35. The number of aliphatic carboxylic acids is 1. The van der Waals surface area contributed by atoms with Crippen LogP contribution in [0.1, 0.15) is 45.4 Å². The maximum Gasteiger partial charge on any atom is 0.315 e. The lowest BCUT2D eigenvalue weighted by Crippen LogP contribution is -2.49. The number of carbonyl (C=O) groups excluding carboxylic acids is 1. The zero-order chi connectivity index (χ0) is 14.5. The molecular weight excluding hydrogens is 276 g/mol. The number of carboxylic acid groups (broad SMARTS) is 1. The number of hydrogen-bond donors (Lipinski definition) is 3. The highest BCUT2D eigenvalue weighted by molar-refractivity contribution is 7.99. The Labute approximate surface area is 124 Å². The summed E-state index contributed by atoms with van der Waals surface area (Å²) in [5.74, 6) is 0.567. The summed E-state index contributed by atoms with van der Waals surface area (Å²) in [6.45, 7) is 2.14. The first-order chi connectivity index (χ1) is 9.60. The Morgan fingerprint density at radius 1 is 1.30 bits per heavy atom. The van der Waals surface area contributed by atoms with Gasteiger partial charge >= 0.3 is 12.0 Å². The summed E-state index contributed by atoms with van der Waals surface area (Å²) in [6, 6.07) is -0.187. The zero-order valence-electron chi connectivity index (χ0n) is 11.9. The summed E-state index contributed by atoms with van der Waals surface area (Å²) in [4.78, 5) is 22.9. The molecule has 2 saturated carbocycles. The minimum Gasteiger partial charge on any atom is -0.481 e. The second-order valence-electron chi connectivity index (χ2n) is 5.69. The standard InChI is InChI=1S/C14H24N2O3S/c1-2-20-12-5-3-4-10(12)15-14(19)16-11(8-13(17)18)9-6-7-9/h9-12H,2-8H2,1H3,(H,17,18)(H2,15,16,19). The van der Waals surface area contributed by atoms with Crippen molar-refractivity contribution < 1.29 is 14.7 Å². The first-order valence-electron chi connectivity index (χ1n) is 7.50. The van der Waals surface area contributed by atoms with Gasteiger partial charge in [0.15, 0.2) is 0 Å². The van der Waals surface area contributed by atoms with E-state index in [1.165, 1.54) is 0 Å². The van der Waals surface area contributed by atoms with Gasteiger partial charge in [-0.1, -0.05) is 13.3 Å². The van der Waals surface area contributed by atoms with Crippen LogP contribution in [0.4, 0.5) is 4.79 Å². The molecule has 0 aromatic heterocycles. The van der Waals surface area contributed by atoms with E-state index in [1.807, 2.05) is 11.8 Å². The van der Waals surface area contributed by atoms with Crippen molar-refractivity contribution in [2.45, 2.75) is 62.8 Å². The highest BCUT2D eigenvalue weighted by atomic mass is 32.2. The average molecular weight is 300 g/mol. The van der Waals surface area contributed by atoms with Gasteiger partial charge in [0.05, 0.1) is 6.42 Å². The maximum absolute atomic E-state index is 12.0. The molecule has 114 valence electrons. The summed E-state index contributed by atoms with van der Waals surface area (Å²) in [5.41, 5.74) is 0. The lowest BCUT2D eigenvalue weighted by Gasteiger charge is -2.23. The summed E-state index contributed by atoms with van der Waals surface area (Å²) in [7, 11) is 0. The molecule has 3 unspecified atom stereocenters. The normalized spacial score (nSPS) is 27.1. The number of amides is 2. The predicted molar refractivity (Wildman–Crippen MR) is 80.0 cm³/mol. The number of thioether (sulfide) groups is 1. The average Bonchev–Trinajstić information content (AvgIpc) is 3.13. The van der Waals surface area contributed by atoms with Gasteiger partial charge in [-0.05, 0) is 37.4 Å². The first-order valence-corrected chi connectivity index (χ1v) is 8.55. The largest absolute Gasteiger partial charge is 0.481 e. The SMILES string of the molecule is CCSC1CCCC1NC(=O)NC(CC(=O)O)C1CC1. The van der Waals surface area contributed by atoms with Crippen LogP contribution in [0.5, 0.6) is 0 Å². The molecular formula is C14H24N2O3S. The van der Waals surface area contributed by atoms with Crippen LogP contribution in [-0.4, -0.2) is 40.2 Å². The second-order valence-corrected chi connectivity index (χ2v) is 7.21. The van der Waals surface area contributed by atoms with Gasteiger partial charge < -0.3 is 15.7 Å². The van der Waals surface area contributed by atoms with Crippen LogP contribution in [0.2, 0.25) is 0 Å². The Morgan fingerprint density at radius 3 is 2.65 bits per heavy atom. The lowest BCUT2D eigenvalue weighted by molar-refractivity contribution is -0.137. The molecule has 2 amide bonds. The fraction of sp³-hybridized carbons (Fsp3) is 0.857. The first kappa shape index (κ1) is 15.5. The minimum absolute atomic E-state index is 0.0237. The molecule has 0 aromatic carbocycles. The Balaban J connectivity index is 1.79. The van der Waals surface area contributed by atoms with Crippen molar-refractivity contribution in [3.8, 4) is 0 Å². The van der Waals surface area contributed by atoms with Crippen molar-refractivity contribution in [3.05, 3.63) is 0 Å². The van der Waals surface area contributed by atoms with E-state index >= 15 is 0 Å². The van der Waals surface area contributed by atoms with E-state index in [9.17, 15) is 9.59 Å². The van der Waals surface area contributed by atoms with Crippen LogP contribution >= 0.6 is 11.8 Å². The van der Waals surface area contributed by atoms with E-state index in [0.717, 1.165) is 37.9 Å². The topological polar surface area (TPSA) is 78.4 Å². The molecule has 2 fully saturated rings. The molecule has 2 aliphatic rings. The van der Waals surface area contributed by atoms with Crippen LogP contribution < -0.4 is 10.6 Å². The smallest absolute Gasteiger partial charge is 0.315 e. The molecule has 3 atom stereocenters. The number of urea groups is 1. The Hall–Kier alpha value is -0.910. The minimum atomic E-state index is -0.845. The third-order valence-electron chi connectivity index (χ3n) is 4.05. The molecule has 20 heavy (non-hydrogen) atoms. The van der Waals surface area contributed by atoms with Crippen LogP contribution in [0.15, 0.2) is 0 Å². The summed E-state index contributed by atoms with van der Waals surface area (Å²) >= 11 is 1.90. The monoisotopic (exact) mass is 300 g/mol. The lowest BCUT2D eigenvalue weighted by atomic mass is 10.1. The Morgan fingerprint density at radius 2 is 2.05 bits per heavy atom. The third-order valence-corrected chi connectivity index (χ3v) is 5.38. The number of hydrogen-bond acceptors (Lipinski definition) is 3. The molecule has 5 nitrogen and oxygen atoms in total.